The van der Waals surface area contributed by atoms with Gasteiger partial charge in [0.05, 0.1) is 5.41 Å². The van der Waals surface area contributed by atoms with Crippen LogP contribution in [0, 0.1) is 22.1 Å². The van der Waals surface area contributed by atoms with Gasteiger partial charge in [-0.25, -0.2) is 0 Å². The molecule has 5 heteroatoms. The molecule has 5 nitrogen and oxygen atoms in total. The maximum atomic E-state index is 9.08. The standard InChI is InChI=1S/C52H45N3O2.C2H6/c1-34(2)29-36-25-27-43(28-26-36)52(47-23-12-10-21-45(47)46-22-11-13-24-48(46)52)44-20-14-19-39(33-44)41-30-40(35(3)56-49(53)37-15-6-4-7-16-37)31-42(32-41)51(55)57-50(54)38-17-8-5-9-18-38;1-2/h4-28,30-35,53-55H,29H2,1-3H3;1-2H3. The molecule has 294 valence electrons. The van der Waals surface area contributed by atoms with E-state index in [1.165, 1.54) is 33.4 Å². The minimum absolute atomic E-state index is 0.0640. The smallest absolute Gasteiger partial charge is 0.221 e. The molecule has 59 heavy (non-hydrogen) atoms. The van der Waals surface area contributed by atoms with Crippen LogP contribution in [0.1, 0.15) is 90.8 Å². The number of hydrogen-bond donors (Lipinski definition) is 3. The third-order valence-electron chi connectivity index (χ3n) is 10.9. The summed E-state index contributed by atoms with van der Waals surface area (Å²) in [5.41, 5.74) is 12.4. The second-order valence-corrected chi connectivity index (χ2v) is 15.1. The molecule has 0 radical (unpaired) electrons. The van der Waals surface area contributed by atoms with Gasteiger partial charge in [0, 0.05) is 16.7 Å². The van der Waals surface area contributed by atoms with Gasteiger partial charge in [0.1, 0.15) is 6.10 Å². The molecule has 0 bridgehead atoms. The topological polar surface area (TPSA) is 90.0 Å². The van der Waals surface area contributed by atoms with E-state index >= 15 is 0 Å². The largest absolute Gasteiger partial charge is 0.470 e. The highest BCUT2D eigenvalue weighted by Crippen LogP contribution is 2.56. The summed E-state index contributed by atoms with van der Waals surface area (Å²) in [5.74, 6) is 0.367. The van der Waals surface area contributed by atoms with Crippen LogP contribution in [0.3, 0.4) is 0 Å². The monoisotopic (exact) mass is 773 g/mol. The van der Waals surface area contributed by atoms with Gasteiger partial charge >= 0.3 is 0 Å². The molecule has 7 aromatic carbocycles. The minimum atomic E-state index is -0.582. The first-order valence-electron chi connectivity index (χ1n) is 20.5. The third-order valence-corrected chi connectivity index (χ3v) is 10.9. The van der Waals surface area contributed by atoms with E-state index in [4.69, 9.17) is 25.7 Å². The van der Waals surface area contributed by atoms with E-state index in [0.717, 1.165) is 28.7 Å². The maximum absolute atomic E-state index is 9.08. The van der Waals surface area contributed by atoms with E-state index in [-0.39, 0.29) is 17.7 Å². The summed E-state index contributed by atoms with van der Waals surface area (Å²) in [6.45, 7) is 10.4. The van der Waals surface area contributed by atoms with Gasteiger partial charge in [0.2, 0.25) is 17.7 Å². The lowest BCUT2D eigenvalue weighted by Crippen LogP contribution is -2.28. The highest BCUT2D eigenvalue weighted by molar-refractivity contribution is 6.05. The Balaban J connectivity index is 0.00000260. The van der Waals surface area contributed by atoms with E-state index in [9.17, 15) is 0 Å². The average molecular weight is 774 g/mol. The van der Waals surface area contributed by atoms with Crippen molar-refractivity contribution in [2.24, 2.45) is 5.92 Å². The van der Waals surface area contributed by atoms with Crippen molar-refractivity contribution >= 4 is 17.7 Å². The molecule has 8 rings (SSSR count). The van der Waals surface area contributed by atoms with Crippen molar-refractivity contribution in [2.75, 3.05) is 0 Å². The number of fused-ring (bicyclic) bond motifs is 3. The summed E-state index contributed by atoms with van der Waals surface area (Å²) in [6, 6.07) is 59.9. The molecule has 1 unspecified atom stereocenters. The van der Waals surface area contributed by atoms with Crippen LogP contribution < -0.4 is 0 Å². The zero-order valence-corrected chi connectivity index (χ0v) is 34.4. The van der Waals surface area contributed by atoms with Crippen molar-refractivity contribution in [2.45, 2.75) is 52.6 Å². The van der Waals surface area contributed by atoms with E-state index < -0.39 is 11.5 Å². The second-order valence-electron chi connectivity index (χ2n) is 15.1. The summed E-state index contributed by atoms with van der Waals surface area (Å²) in [5, 5.41) is 26.4. The second kappa shape index (κ2) is 17.7. The molecule has 7 aromatic rings. The van der Waals surface area contributed by atoms with E-state index in [2.05, 4.69) is 117 Å². The van der Waals surface area contributed by atoms with E-state index in [0.29, 0.717) is 22.6 Å². The molecule has 0 fully saturated rings. The first-order chi connectivity index (χ1) is 28.7. The summed E-state index contributed by atoms with van der Waals surface area (Å²) >= 11 is 0. The van der Waals surface area contributed by atoms with Crippen LogP contribution in [0.4, 0.5) is 0 Å². The molecule has 1 atom stereocenters. The quantitative estimate of drug-likeness (QED) is 0.0954. The summed E-state index contributed by atoms with van der Waals surface area (Å²) in [6.07, 6.45) is 0.496. The lowest BCUT2D eigenvalue weighted by atomic mass is 9.67. The Bertz CT molecular complexity index is 2550. The van der Waals surface area contributed by atoms with Gasteiger partial charge in [-0.2, -0.15) is 0 Å². The van der Waals surface area contributed by atoms with Crippen molar-refractivity contribution < 1.29 is 9.47 Å². The van der Waals surface area contributed by atoms with E-state index in [1.54, 1.807) is 12.1 Å². The van der Waals surface area contributed by atoms with E-state index in [1.807, 2.05) is 81.4 Å². The third kappa shape index (κ3) is 8.15. The fourth-order valence-corrected chi connectivity index (χ4v) is 8.21. The van der Waals surface area contributed by atoms with Crippen molar-refractivity contribution in [3.05, 3.63) is 226 Å². The number of nitrogens with one attached hydrogen (secondary N) is 3. The number of rotatable bonds is 10. The van der Waals surface area contributed by atoms with Crippen molar-refractivity contribution in [1.82, 2.24) is 0 Å². The number of hydrogen-bond acceptors (Lipinski definition) is 5. The van der Waals surface area contributed by atoms with Gasteiger partial charge in [0.15, 0.2) is 0 Å². The Kier molecular flexibility index (Phi) is 12.1. The molecular formula is C54H51N3O2. The van der Waals surface area contributed by atoms with Gasteiger partial charge in [-0.3, -0.25) is 16.2 Å². The predicted octanol–water partition coefficient (Wildman–Crippen LogP) is 13.4. The zero-order valence-electron chi connectivity index (χ0n) is 34.4. The molecule has 0 aliphatic heterocycles. The predicted molar refractivity (Wildman–Crippen MR) is 243 cm³/mol. The average Bonchev–Trinajstić information content (AvgIpc) is 3.58. The van der Waals surface area contributed by atoms with Gasteiger partial charge in [-0.05, 0) is 123 Å². The Morgan fingerprint density at radius 2 is 1.03 bits per heavy atom. The van der Waals surface area contributed by atoms with Crippen LogP contribution in [-0.2, 0) is 21.3 Å². The maximum Gasteiger partial charge on any atom is 0.221 e. The summed E-state index contributed by atoms with van der Waals surface area (Å²) in [7, 11) is 0. The zero-order chi connectivity index (χ0) is 41.5. The van der Waals surface area contributed by atoms with Crippen LogP contribution >= 0.6 is 0 Å². The minimum Gasteiger partial charge on any atom is -0.470 e. The molecule has 3 N–H and O–H groups in total. The normalized spacial score (nSPS) is 12.6. The highest BCUT2D eigenvalue weighted by Gasteiger charge is 2.46. The van der Waals surface area contributed by atoms with Crippen LogP contribution in [0.2, 0.25) is 0 Å². The Hall–Kier alpha value is -6.85. The summed E-state index contributed by atoms with van der Waals surface area (Å²) in [4.78, 5) is 0. The molecule has 0 saturated carbocycles. The lowest BCUT2D eigenvalue weighted by Gasteiger charge is -2.34. The molecule has 1 aliphatic rings. The van der Waals surface area contributed by atoms with Gasteiger partial charge < -0.3 is 9.47 Å². The first kappa shape index (κ1) is 40.4. The lowest BCUT2D eigenvalue weighted by molar-refractivity contribution is 0.211. The van der Waals surface area contributed by atoms with Crippen molar-refractivity contribution in [1.29, 1.82) is 16.2 Å². The Morgan fingerprint density at radius 1 is 0.492 bits per heavy atom. The SMILES string of the molecule is CC.CC(C)Cc1ccc(C2(c3cccc(-c4cc(C(=N)OC(=N)c5ccccc5)cc(C(C)OC(=N)c5ccccc5)c4)c3)c3ccccc3-c3ccccc32)cc1. The summed E-state index contributed by atoms with van der Waals surface area (Å²) < 4.78 is 12.1. The highest BCUT2D eigenvalue weighted by atomic mass is 16.5. The van der Waals surface area contributed by atoms with Crippen LogP contribution in [0.5, 0.6) is 0 Å². The van der Waals surface area contributed by atoms with Gasteiger partial charge in [0.25, 0.3) is 0 Å². The van der Waals surface area contributed by atoms with Crippen molar-refractivity contribution in [3.8, 4) is 22.3 Å². The Morgan fingerprint density at radius 3 is 1.63 bits per heavy atom. The van der Waals surface area contributed by atoms with Gasteiger partial charge in [-0.15, -0.1) is 0 Å². The number of benzene rings is 7. The molecule has 1 aliphatic carbocycles. The first-order valence-corrected chi connectivity index (χ1v) is 20.5. The molecule has 0 amide bonds. The van der Waals surface area contributed by atoms with Crippen LogP contribution in [-0.4, -0.2) is 17.7 Å². The number of ether oxygens (including phenoxy) is 2. The Labute approximate surface area is 348 Å². The fraction of sp³-hybridized carbons (Fsp3) is 0.167. The molecule has 0 heterocycles. The van der Waals surface area contributed by atoms with Crippen LogP contribution in [0.15, 0.2) is 176 Å². The molecule has 0 saturated heterocycles. The van der Waals surface area contributed by atoms with Gasteiger partial charge in [-0.1, -0.05) is 155 Å². The van der Waals surface area contributed by atoms with Crippen LogP contribution in [0.25, 0.3) is 22.3 Å². The fourth-order valence-electron chi connectivity index (χ4n) is 8.21. The van der Waals surface area contributed by atoms with Crippen molar-refractivity contribution in [3.63, 3.8) is 0 Å². The molecular weight excluding hydrogens is 723 g/mol. The molecule has 0 spiro atoms. The molecule has 0 aromatic heterocycles.